The quantitative estimate of drug-likeness (QED) is 0.313. The molecule has 0 heterocycles. The molecule has 2 nitrogen and oxygen atoms in total. The van der Waals surface area contributed by atoms with Gasteiger partial charge in [-0.2, -0.15) is 22.0 Å². The van der Waals surface area contributed by atoms with Gasteiger partial charge in [0.2, 0.25) is 6.08 Å². The van der Waals surface area contributed by atoms with E-state index in [1.165, 1.54) is 6.08 Å². The fourth-order valence-corrected chi connectivity index (χ4v) is 1.39. The van der Waals surface area contributed by atoms with Crippen LogP contribution >= 0.6 is 11.8 Å². The number of unbranched alkanes of at least 4 members (excludes halogenated alkanes) is 1. The van der Waals surface area contributed by atoms with E-state index in [1.54, 1.807) is 0 Å². The molecule has 0 aromatic carbocycles. The van der Waals surface area contributed by atoms with Gasteiger partial charge in [-0.05, 0) is 18.6 Å². The van der Waals surface area contributed by atoms with Gasteiger partial charge in [0.25, 0.3) is 0 Å². The molecule has 0 bridgehead atoms. The summed E-state index contributed by atoms with van der Waals surface area (Å²) in [7, 11) is 0. The fourth-order valence-electron chi connectivity index (χ4n) is 0.621. The molecule has 0 aliphatic carbocycles. The normalized spacial score (nSPS) is 12.3. The zero-order valence-electron chi connectivity index (χ0n) is 7.48. The van der Waals surface area contributed by atoms with E-state index in [0.29, 0.717) is 0 Å². The molecular weight excluding hydrogens is 241 g/mol. The number of isocyanates is 1. The Hall–Kier alpha value is -0.620. The monoisotopic (exact) mass is 249 g/mol. The third kappa shape index (κ3) is 5.74. The molecule has 15 heavy (non-hydrogen) atoms. The molecule has 8 heteroatoms. The van der Waals surface area contributed by atoms with Gasteiger partial charge in [0, 0.05) is 0 Å². The SMILES string of the molecule is O=C=NCCCCSC(F)(F)C(F)(F)F. The van der Waals surface area contributed by atoms with Gasteiger partial charge in [-0.15, -0.1) is 0 Å². The Balaban J connectivity index is 3.71. The van der Waals surface area contributed by atoms with Crippen LogP contribution < -0.4 is 0 Å². The minimum atomic E-state index is -5.52. The molecule has 0 fully saturated rings. The number of thioether (sulfide) groups is 1. The summed E-state index contributed by atoms with van der Waals surface area (Å²) in [5.41, 5.74) is 0. The molecule has 0 aliphatic heterocycles. The molecule has 0 aliphatic rings. The van der Waals surface area contributed by atoms with Gasteiger partial charge in [-0.25, -0.2) is 9.79 Å². The number of nitrogens with zero attached hydrogens (tertiary/aromatic N) is 1. The Morgan fingerprint density at radius 1 is 1.13 bits per heavy atom. The zero-order valence-corrected chi connectivity index (χ0v) is 8.30. The average molecular weight is 249 g/mol. The van der Waals surface area contributed by atoms with E-state index >= 15 is 0 Å². The largest absolute Gasteiger partial charge is 0.464 e. The Morgan fingerprint density at radius 3 is 2.20 bits per heavy atom. The van der Waals surface area contributed by atoms with Gasteiger partial charge in [0.1, 0.15) is 0 Å². The molecule has 0 rings (SSSR count). The van der Waals surface area contributed by atoms with Crippen molar-refractivity contribution in [2.75, 3.05) is 12.3 Å². The van der Waals surface area contributed by atoms with Crippen LogP contribution in [0.2, 0.25) is 0 Å². The van der Waals surface area contributed by atoms with E-state index in [0.717, 1.165) is 0 Å². The maximum Gasteiger partial charge on any atom is 0.464 e. The molecule has 0 aromatic heterocycles. The maximum absolute atomic E-state index is 12.3. The van der Waals surface area contributed by atoms with Gasteiger partial charge in [-0.1, -0.05) is 11.8 Å². The van der Waals surface area contributed by atoms with Gasteiger partial charge in [-0.3, -0.25) is 0 Å². The van der Waals surface area contributed by atoms with Crippen LogP contribution in [0.3, 0.4) is 0 Å². The van der Waals surface area contributed by atoms with Crippen LogP contribution in [0.4, 0.5) is 22.0 Å². The predicted molar refractivity (Wildman–Crippen MR) is 45.7 cm³/mol. The van der Waals surface area contributed by atoms with Gasteiger partial charge in [0.15, 0.2) is 0 Å². The smallest absolute Gasteiger partial charge is 0.211 e. The molecule has 0 unspecified atom stereocenters. The van der Waals surface area contributed by atoms with E-state index in [9.17, 15) is 26.7 Å². The van der Waals surface area contributed by atoms with E-state index in [2.05, 4.69) is 4.99 Å². The highest BCUT2D eigenvalue weighted by Gasteiger charge is 2.57. The second-order valence-corrected chi connectivity index (χ2v) is 3.75. The van der Waals surface area contributed by atoms with Crippen LogP contribution in [0.1, 0.15) is 12.8 Å². The van der Waals surface area contributed by atoms with Crippen molar-refractivity contribution in [1.29, 1.82) is 0 Å². The van der Waals surface area contributed by atoms with Gasteiger partial charge < -0.3 is 0 Å². The molecule has 0 aromatic rings. The molecule has 0 N–H and O–H groups in total. The van der Waals surface area contributed by atoms with Crippen LogP contribution in [0.15, 0.2) is 4.99 Å². The van der Waals surface area contributed by atoms with Crippen molar-refractivity contribution in [1.82, 2.24) is 0 Å². The number of hydrogen-bond donors (Lipinski definition) is 0. The fraction of sp³-hybridized carbons (Fsp3) is 0.857. The zero-order chi connectivity index (χ0) is 11.9. The van der Waals surface area contributed by atoms with Crippen molar-refractivity contribution >= 4 is 17.8 Å². The van der Waals surface area contributed by atoms with E-state index in [4.69, 9.17) is 0 Å². The second-order valence-electron chi connectivity index (χ2n) is 2.54. The summed E-state index contributed by atoms with van der Waals surface area (Å²) < 4.78 is 59.4. The molecule has 0 atom stereocenters. The summed E-state index contributed by atoms with van der Waals surface area (Å²) in [6, 6.07) is 0. The van der Waals surface area contributed by atoms with E-state index in [1.807, 2.05) is 0 Å². The van der Waals surface area contributed by atoms with Gasteiger partial charge >= 0.3 is 11.4 Å². The highest BCUT2D eigenvalue weighted by molar-refractivity contribution is 8.00. The van der Waals surface area contributed by atoms with Crippen molar-refractivity contribution < 1.29 is 26.7 Å². The molecule has 0 spiro atoms. The summed E-state index contributed by atoms with van der Waals surface area (Å²) in [5, 5.41) is -4.71. The Kier molecular flexibility index (Phi) is 5.82. The Labute approximate surface area is 86.9 Å². The number of carbonyl (C=O) groups excluding carboxylic acids is 1. The van der Waals surface area contributed by atoms with Crippen molar-refractivity contribution in [2.45, 2.75) is 24.3 Å². The lowest BCUT2D eigenvalue weighted by Gasteiger charge is -2.18. The molecule has 0 radical (unpaired) electrons. The van der Waals surface area contributed by atoms with Crippen molar-refractivity contribution in [3.63, 3.8) is 0 Å². The lowest BCUT2D eigenvalue weighted by molar-refractivity contribution is -0.237. The van der Waals surface area contributed by atoms with E-state index in [-0.39, 0.29) is 25.1 Å². The summed E-state index contributed by atoms with van der Waals surface area (Å²) >= 11 is -0.455. The second kappa shape index (κ2) is 6.07. The third-order valence-corrected chi connectivity index (χ3v) is 2.43. The third-order valence-electron chi connectivity index (χ3n) is 1.34. The van der Waals surface area contributed by atoms with Crippen LogP contribution in [0.25, 0.3) is 0 Å². The minimum absolute atomic E-state index is 0.0989. The minimum Gasteiger partial charge on any atom is -0.211 e. The molecule has 0 saturated carbocycles. The number of halogens is 5. The van der Waals surface area contributed by atoms with Crippen LogP contribution in [0, 0.1) is 0 Å². The number of aliphatic imine (C=N–C) groups is 1. The summed E-state index contributed by atoms with van der Waals surface area (Å²) in [6.45, 7) is 0.0989. The van der Waals surface area contributed by atoms with Crippen molar-refractivity contribution in [3.8, 4) is 0 Å². The van der Waals surface area contributed by atoms with Crippen LogP contribution in [-0.2, 0) is 4.79 Å². The lowest BCUT2D eigenvalue weighted by Crippen LogP contribution is -2.33. The van der Waals surface area contributed by atoms with Gasteiger partial charge in [0.05, 0.1) is 6.54 Å². The first-order valence-corrected chi connectivity index (χ1v) is 4.92. The first-order chi connectivity index (χ1) is 6.81. The maximum atomic E-state index is 12.3. The number of rotatable bonds is 6. The molecule has 0 amide bonds. The highest BCUT2D eigenvalue weighted by atomic mass is 32.2. The van der Waals surface area contributed by atoms with Crippen LogP contribution in [-0.4, -0.2) is 29.8 Å². The molecule has 88 valence electrons. The molecular formula is C7H8F5NOS. The first-order valence-electron chi connectivity index (χ1n) is 3.93. The Bertz CT molecular complexity index is 236. The van der Waals surface area contributed by atoms with Crippen molar-refractivity contribution in [2.24, 2.45) is 4.99 Å². The average Bonchev–Trinajstić information content (AvgIpc) is 2.09. The first kappa shape index (κ1) is 14.4. The predicted octanol–water partition coefficient (Wildman–Crippen LogP) is 2.99. The Morgan fingerprint density at radius 2 is 1.73 bits per heavy atom. The standard InChI is InChI=1S/C7H8F5NOS/c8-6(9,10)7(11,12)15-4-2-1-3-13-5-14/h1-4H2. The topological polar surface area (TPSA) is 29.4 Å². The summed E-state index contributed by atoms with van der Waals surface area (Å²) in [6.07, 6.45) is -3.85. The summed E-state index contributed by atoms with van der Waals surface area (Å²) in [4.78, 5) is 12.7. The number of alkyl halides is 5. The van der Waals surface area contributed by atoms with Crippen LogP contribution in [0.5, 0.6) is 0 Å². The number of hydrogen-bond acceptors (Lipinski definition) is 3. The lowest BCUT2D eigenvalue weighted by atomic mass is 10.3. The molecule has 0 saturated heterocycles. The van der Waals surface area contributed by atoms with E-state index < -0.39 is 23.2 Å². The summed E-state index contributed by atoms with van der Waals surface area (Å²) in [5.74, 6) is -0.332. The van der Waals surface area contributed by atoms with Crippen molar-refractivity contribution in [3.05, 3.63) is 0 Å². The highest BCUT2D eigenvalue weighted by Crippen LogP contribution is 2.44.